The molecule has 6 nitrogen and oxygen atoms in total. The zero-order valence-electron chi connectivity index (χ0n) is 12.5. The minimum absolute atomic E-state index is 0.241. The molecule has 0 saturated carbocycles. The Labute approximate surface area is 126 Å². The van der Waals surface area contributed by atoms with Crippen molar-refractivity contribution in [3.8, 4) is 0 Å². The molecule has 116 valence electrons. The third kappa shape index (κ3) is 2.90. The molecule has 0 aromatic carbocycles. The van der Waals surface area contributed by atoms with Crippen LogP contribution >= 0.6 is 0 Å². The van der Waals surface area contributed by atoms with Crippen LogP contribution in [0, 0.1) is 0 Å². The monoisotopic (exact) mass is 310 g/mol. The smallest absolute Gasteiger partial charge is 0.244 e. The molecule has 2 saturated heterocycles. The van der Waals surface area contributed by atoms with Crippen molar-refractivity contribution in [1.29, 1.82) is 0 Å². The Morgan fingerprint density at radius 2 is 2.00 bits per heavy atom. The Hall–Kier alpha value is -1.18. The Bertz CT molecular complexity index is 600. The first-order valence-electron chi connectivity index (χ1n) is 7.36. The number of fused-ring (bicyclic) bond motifs is 2. The van der Waals surface area contributed by atoms with E-state index in [2.05, 4.69) is 15.2 Å². The normalized spacial score (nSPS) is 26.1. The molecular formula is C14H22N4O2S. The van der Waals surface area contributed by atoms with E-state index in [1.165, 1.54) is 37.4 Å². The minimum atomic E-state index is -3.40. The summed E-state index contributed by atoms with van der Waals surface area (Å²) in [4.78, 5) is 6.86. The van der Waals surface area contributed by atoms with Crippen molar-refractivity contribution in [2.45, 2.75) is 36.2 Å². The van der Waals surface area contributed by atoms with Gasteiger partial charge in [0.1, 0.15) is 10.7 Å². The number of pyridine rings is 1. The highest BCUT2D eigenvalue weighted by Gasteiger charge is 2.29. The van der Waals surface area contributed by atoms with Gasteiger partial charge in [-0.2, -0.15) is 0 Å². The largest absolute Gasteiger partial charge is 0.355 e. The van der Waals surface area contributed by atoms with E-state index in [9.17, 15) is 8.42 Å². The fraction of sp³-hybridized carbons (Fsp3) is 0.643. The van der Waals surface area contributed by atoms with E-state index in [4.69, 9.17) is 0 Å². The van der Waals surface area contributed by atoms with E-state index in [1.807, 2.05) is 6.07 Å². The number of hydrogen-bond donors (Lipinski definition) is 1. The molecule has 2 atom stereocenters. The molecule has 7 heteroatoms. The van der Waals surface area contributed by atoms with Gasteiger partial charge in [-0.25, -0.2) is 17.7 Å². The van der Waals surface area contributed by atoms with Gasteiger partial charge in [-0.3, -0.25) is 0 Å². The van der Waals surface area contributed by atoms with Gasteiger partial charge in [0.2, 0.25) is 10.0 Å². The van der Waals surface area contributed by atoms with Crippen molar-refractivity contribution in [1.82, 2.24) is 14.6 Å². The number of nitrogens with one attached hydrogen (secondary N) is 1. The predicted molar refractivity (Wildman–Crippen MR) is 81.9 cm³/mol. The van der Waals surface area contributed by atoms with Crippen molar-refractivity contribution in [2.24, 2.45) is 0 Å². The number of aromatic nitrogens is 1. The van der Waals surface area contributed by atoms with Gasteiger partial charge in [0.05, 0.1) is 0 Å². The van der Waals surface area contributed by atoms with E-state index >= 15 is 0 Å². The first kappa shape index (κ1) is 14.7. The van der Waals surface area contributed by atoms with Crippen molar-refractivity contribution in [2.75, 3.05) is 32.1 Å². The van der Waals surface area contributed by atoms with Gasteiger partial charge in [0, 0.05) is 45.5 Å². The fourth-order valence-corrected chi connectivity index (χ4v) is 3.92. The number of anilines is 1. The second kappa shape index (κ2) is 5.55. The maximum atomic E-state index is 12.0. The molecule has 2 aliphatic heterocycles. The Kier molecular flexibility index (Phi) is 3.90. The lowest BCUT2D eigenvalue weighted by Gasteiger charge is -2.25. The van der Waals surface area contributed by atoms with Crippen LogP contribution in [-0.4, -0.2) is 57.0 Å². The Morgan fingerprint density at radius 1 is 1.24 bits per heavy atom. The molecule has 1 N–H and O–H groups in total. The summed E-state index contributed by atoms with van der Waals surface area (Å²) in [6, 6.07) is 4.63. The molecule has 0 spiro atoms. The van der Waals surface area contributed by atoms with Crippen LogP contribution in [0.25, 0.3) is 0 Å². The molecule has 0 radical (unpaired) electrons. The van der Waals surface area contributed by atoms with Gasteiger partial charge in [0.25, 0.3) is 0 Å². The summed E-state index contributed by atoms with van der Waals surface area (Å²) in [5, 5.41) is 3.63. The summed E-state index contributed by atoms with van der Waals surface area (Å²) in [6.07, 6.45) is 5.07. The molecule has 0 aliphatic carbocycles. The molecule has 3 heterocycles. The lowest BCUT2D eigenvalue weighted by Crippen LogP contribution is -2.35. The standard InChI is InChI=1S/C14H22N4O2S/c1-17(2)21(19,20)13-5-6-14(15-9-13)18-8-7-11-3-4-12(10-18)16-11/h5-6,9,11-12,16H,3-4,7-8,10H2,1-2H3. The molecule has 3 rings (SSSR count). The Morgan fingerprint density at radius 3 is 2.67 bits per heavy atom. The SMILES string of the molecule is CN(C)S(=O)(=O)c1ccc(N2CCC3CCC(C2)N3)nc1. The van der Waals surface area contributed by atoms with E-state index in [0.717, 1.165) is 25.3 Å². The summed E-state index contributed by atoms with van der Waals surface area (Å²) in [6.45, 7) is 1.92. The first-order chi connectivity index (χ1) is 9.96. The van der Waals surface area contributed by atoms with Crippen LogP contribution in [0.4, 0.5) is 5.82 Å². The summed E-state index contributed by atoms with van der Waals surface area (Å²) >= 11 is 0. The van der Waals surface area contributed by atoms with Crippen LogP contribution in [0.3, 0.4) is 0 Å². The van der Waals surface area contributed by atoms with Crippen LogP contribution in [0.5, 0.6) is 0 Å². The number of rotatable bonds is 3. The van der Waals surface area contributed by atoms with Gasteiger partial charge in [-0.15, -0.1) is 0 Å². The van der Waals surface area contributed by atoms with E-state index in [-0.39, 0.29) is 4.90 Å². The topological polar surface area (TPSA) is 65.5 Å². The molecule has 2 fully saturated rings. The molecular weight excluding hydrogens is 288 g/mol. The molecule has 2 bridgehead atoms. The summed E-state index contributed by atoms with van der Waals surface area (Å²) < 4.78 is 25.3. The fourth-order valence-electron chi connectivity index (χ4n) is 3.07. The van der Waals surface area contributed by atoms with Gasteiger partial charge < -0.3 is 10.2 Å². The van der Waals surface area contributed by atoms with Crippen LogP contribution in [0.2, 0.25) is 0 Å². The van der Waals surface area contributed by atoms with Crippen molar-refractivity contribution in [3.05, 3.63) is 18.3 Å². The second-order valence-electron chi connectivity index (χ2n) is 6.01. The highest BCUT2D eigenvalue weighted by Crippen LogP contribution is 2.24. The van der Waals surface area contributed by atoms with Gasteiger partial charge in [-0.1, -0.05) is 0 Å². The first-order valence-corrected chi connectivity index (χ1v) is 8.80. The van der Waals surface area contributed by atoms with Gasteiger partial charge in [-0.05, 0) is 31.4 Å². The quantitative estimate of drug-likeness (QED) is 0.888. The predicted octanol–water partition coefficient (Wildman–Crippen LogP) is 0.663. The third-order valence-electron chi connectivity index (χ3n) is 4.35. The minimum Gasteiger partial charge on any atom is -0.355 e. The molecule has 1 aromatic heterocycles. The van der Waals surface area contributed by atoms with E-state index in [0.29, 0.717) is 12.1 Å². The summed E-state index contributed by atoms with van der Waals surface area (Å²) in [5.41, 5.74) is 0. The van der Waals surface area contributed by atoms with E-state index < -0.39 is 10.0 Å². The lowest BCUT2D eigenvalue weighted by molar-refractivity contribution is 0.520. The van der Waals surface area contributed by atoms with Crippen molar-refractivity contribution >= 4 is 15.8 Å². The maximum absolute atomic E-state index is 12.0. The maximum Gasteiger partial charge on any atom is 0.244 e. The van der Waals surface area contributed by atoms with Crippen molar-refractivity contribution in [3.63, 3.8) is 0 Å². The van der Waals surface area contributed by atoms with Crippen LogP contribution in [0.1, 0.15) is 19.3 Å². The van der Waals surface area contributed by atoms with Crippen LogP contribution in [0.15, 0.2) is 23.2 Å². The van der Waals surface area contributed by atoms with Gasteiger partial charge in [0.15, 0.2) is 0 Å². The molecule has 2 aliphatic rings. The number of hydrogen-bond acceptors (Lipinski definition) is 5. The highest BCUT2D eigenvalue weighted by atomic mass is 32.2. The van der Waals surface area contributed by atoms with Gasteiger partial charge >= 0.3 is 0 Å². The van der Waals surface area contributed by atoms with Crippen LogP contribution in [-0.2, 0) is 10.0 Å². The second-order valence-corrected chi connectivity index (χ2v) is 8.16. The average Bonchev–Trinajstić information content (AvgIpc) is 2.78. The molecule has 1 aromatic rings. The molecule has 21 heavy (non-hydrogen) atoms. The Balaban J connectivity index is 1.78. The molecule has 2 unspecified atom stereocenters. The number of sulfonamides is 1. The zero-order chi connectivity index (χ0) is 15.0. The lowest BCUT2D eigenvalue weighted by atomic mass is 10.1. The summed E-state index contributed by atoms with van der Waals surface area (Å²) in [5.74, 6) is 0.863. The average molecular weight is 310 g/mol. The van der Waals surface area contributed by atoms with E-state index in [1.54, 1.807) is 6.07 Å². The van der Waals surface area contributed by atoms with Crippen LogP contribution < -0.4 is 10.2 Å². The van der Waals surface area contributed by atoms with Crippen molar-refractivity contribution < 1.29 is 8.42 Å². The number of nitrogens with zero attached hydrogens (tertiary/aromatic N) is 3. The summed E-state index contributed by atoms with van der Waals surface area (Å²) in [7, 11) is -0.344. The highest BCUT2D eigenvalue weighted by molar-refractivity contribution is 7.89. The third-order valence-corrected chi connectivity index (χ3v) is 6.15. The molecule has 0 amide bonds. The zero-order valence-corrected chi connectivity index (χ0v) is 13.3.